The lowest BCUT2D eigenvalue weighted by atomic mass is 10.2. The number of esters is 1. The minimum absolute atomic E-state index is 0.214. The molecule has 0 N–H and O–H groups in total. The Morgan fingerprint density at radius 2 is 1.70 bits per heavy atom. The second-order valence-corrected chi connectivity index (χ2v) is 5.19. The first-order chi connectivity index (χ1) is 11.2. The maximum Gasteiger partial charge on any atom is 0.344 e. The van der Waals surface area contributed by atoms with E-state index in [0.717, 1.165) is 17.7 Å². The summed E-state index contributed by atoms with van der Waals surface area (Å²) >= 11 is 0. The number of rotatable bonds is 5. The van der Waals surface area contributed by atoms with Crippen LogP contribution in [0.25, 0.3) is 0 Å². The fraction of sp³-hybridized carbons (Fsp3) is 0.222. The van der Waals surface area contributed by atoms with Gasteiger partial charge in [-0.3, -0.25) is 4.79 Å². The molecule has 0 aliphatic carbocycles. The Hall–Kier alpha value is -2.82. The van der Waals surface area contributed by atoms with Crippen molar-refractivity contribution < 1.29 is 19.1 Å². The molecule has 2 aromatic carbocycles. The van der Waals surface area contributed by atoms with Gasteiger partial charge < -0.3 is 14.4 Å². The Kier molecular flexibility index (Phi) is 4.57. The van der Waals surface area contributed by atoms with E-state index in [1.165, 1.54) is 0 Å². The van der Waals surface area contributed by atoms with E-state index >= 15 is 0 Å². The molecule has 0 radical (unpaired) electrons. The van der Waals surface area contributed by atoms with Gasteiger partial charge in [-0.15, -0.1) is 0 Å². The monoisotopic (exact) mass is 311 g/mol. The van der Waals surface area contributed by atoms with Gasteiger partial charge in [0, 0.05) is 12.2 Å². The standard InChI is InChI=1S/C18H17NO4/c20-17(19-11-10-14-6-4-5-9-16(14)19)12-23-18(21)13-22-15-7-2-1-3-8-15/h1-9H,10-13H2. The van der Waals surface area contributed by atoms with Crippen LogP contribution in [0, 0.1) is 0 Å². The molecule has 1 amide bonds. The van der Waals surface area contributed by atoms with Gasteiger partial charge in [0.1, 0.15) is 5.75 Å². The molecular formula is C18H17NO4. The average Bonchev–Trinajstić information content (AvgIpc) is 3.03. The van der Waals surface area contributed by atoms with E-state index in [9.17, 15) is 9.59 Å². The summed E-state index contributed by atoms with van der Waals surface area (Å²) in [6.07, 6.45) is 0.826. The number of amides is 1. The van der Waals surface area contributed by atoms with E-state index in [1.54, 1.807) is 17.0 Å². The lowest BCUT2D eigenvalue weighted by Gasteiger charge is -2.17. The Morgan fingerprint density at radius 3 is 2.52 bits per heavy atom. The summed E-state index contributed by atoms with van der Waals surface area (Å²) in [7, 11) is 0. The Labute approximate surface area is 134 Å². The number of anilines is 1. The van der Waals surface area contributed by atoms with Crippen LogP contribution in [-0.2, 0) is 20.7 Å². The number of ether oxygens (including phenoxy) is 2. The maximum atomic E-state index is 12.2. The van der Waals surface area contributed by atoms with Crippen LogP contribution in [0.5, 0.6) is 5.75 Å². The van der Waals surface area contributed by atoms with E-state index < -0.39 is 5.97 Å². The molecule has 0 saturated carbocycles. The second-order valence-electron chi connectivity index (χ2n) is 5.19. The minimum atomic E-state index is -0.560. The number of carbonyl (C=O) groups excluding carboxylic acids is 2. The molecule has 5 nitrogen and oxygen atoms in total. The molecule has 0 saturated heterocycles. The molecule has 5 heteroatoms. The highest BCUT2D eigenvalue weighted by atomic mass is 16.6. The number of hydrogen-bond acceptors (Lipinski definition) is 4. The molecule has 1 heterocycles. The Balaban J connectivity index is 1.47. The first kappa shape index (κ1) is 15.1. The topological polar surface area (TPSA) is 55.8 Å². The molecule has 0 aromatic heterocycles. The fourth-order valence-electron chi connectivity index (χ4n) is 2.52. The number of carbonyl (C=O) groups is 2. The predicted octanol–water partition coefficient (Wildman–Crippen LogP) is 2.20. The highest BCUT2D eigenvalue weighted by Crippen LogP contribution is 2.27. The molecule has 23 heavy (non-hydrogen) atoms. The lowest BCUT2D eigenvalue weighted by molar-refractivity contribution is -0.149. The van der Waals surface area contributed by atoms with Crippen molar-refractivity contribution in [1.29, 1.82) is 0 Å². The maximum absolute atomic E-state index is 12.2. The van der Waals surface area contributed by atoms with Crippen LogP contribution in [0.2, 0.25) is 0 Å². The first-order valence-corrected chi connectivity index (χ1v) is 7.46. The zero-order chi connectivity index (χ0) is 16.1. The number of fused-ring (bicyclic) bond motifs is 1. The SMILES string of the molecule is O=C(COc1ccccc1)OCC(=O)N1CCc2ccccc21. The fourth-order valence-corrected chi connectivity index (χ4v) is 2.52. The van der Waals surface area contributed by atoms with Crippen LogP contribution in [0.3, 0.4) is 0 Å². The molecule has 1 aliphatic heterocycles. The molecule has 118 valence electrons. The molecule has 0 unspecified atom stereocenters. The average molecular weight is 311 g/mol. The molecule has 0 spiro atoms. The van der Waals surface area contributed by atoms with Crippen molar-refractivity contribution in [1.82, 2.24) is 0 Å². The van der Waals surface area contributed by atoms with Crippen molar-refractivity contribution in [3.63, 3.8) is 0 Å². The predicted molar refractivity (Wildman–Crippen MR) is 85.4 cm³/mol. The van der Waals surface area contributed by atoms with E-state index in [0.29, 0.717) is 12.3 Å². The van der Waals surface area contributed by atoms with E-state index in [1.807, 2.05) is 42.5 Å². The highest BCUT2D eigenvalue weighted by Gasteiger charge is 2.24. The van der Waals surface area contributed by atoms with E-state index in [4.69, 9.17) is 9.47 Å². The second kappa shape index (κ2) is 6.96. The first-order valence-electron chi connectivity index (χ1n) is 7.46. The molecule has 0 bridgehead atoms. The molecular weight excluding hydrogens is 294 g/mol. The molecule has 3 rings (SSSR count). The van der Waals surface area contributed by atoms with Crippen LogP contribution in [-0.4, -0.2) is 31.6 Å². The summed E-state index contributed by atoms with van der Waals surface area (Å²) in [6, 6.07) is 16.7. The largest absolute Gasteiger partial charge is 0.482 e. The third kappa shape index (κ3) is 3.69. The molecule has 0 atom stereocenters. The zero-order valence-electron chi connectivity index (χ0n) is 12.6. The van der Waals surface area contributed by atoms with Crippen molar-refractivity contribution in [2.45, 2.75) is 6.42 Å². The van der Waals surface area contributed by atoms with Crippen molar-refractivity contribution in [3.8, 4) is 5.75 Å². The quantitative estimate of drug-likeness (QED) is 0.794. The summed E-state index contributed by atoms with van der Waals surface area (Å²) < 4.78 is 10.3. The summed E-state index contributed by atoms with van der Waals surface area (Å²) in [5.74, 6) is -0.193. The van der Waals surface area contributed by atoms with Gasteiger partial charge in [0.05, 0.1) is 0 Å². The van der Waals surface area contributed by atoms with E-state index in [2.05, 4.69) is 0 Å². The molecule has 2 aromatic rings. The Morgan fingerprint density at radius 1 is 0.957 bits per heavy atom. The normalized spacial score (nSPS) is 12.6. The smallest absolute Gasteiger partial charge is 0.344 e. The van der Waals surface area contributed by atoms with Crippen LogP contribution >= 0.6 is 0 Å². The van der Waals surface area contributed by atoms with Crippen molar-refractivity contribution >= 4 is 17.6 Å². The van der Waals surface area contributed by atoms with Gasteiger partial charge >= 0.3 is 5.97 Å². The van der Waals surface area contributed by atoms with Crippen LogP contribution in [0.15, 0.2) is 54.6 Å². The summed E-state index contributed by atoms with van der Waals surface area (Å²) in [5, 5.41) is 0. The van der Waals surface area contributed by atoms with Crippen molar-refractivity contribution in [2.75, 3.05) is 24.7 Å². The lowest BCUT2D eigenvalue weighted by Crippen LogP contribution is -2.33. The number of nitrogens with zero attached hydrogens (tertiary/aromatic N) is 1. The summed E-state index contributed by atoms with van der Waals surface area (Å²) in [4.78, 5) is 25.5. The molecule has 0 fully saturated rings. The van der Waals surface area contributed by atoms with Gasteiger partial charge in [-0.1, -0.05) is 36.4 Å². The van der Waals surface area contributed by atoms with Crippen molar-refractivity contribution in [2.24, 2.45) is 0 Å². The zero-order valence-corrected chi connectivity index (χ0v) is 12.6. The van der Waals surface area contributed by atoms with Gasteiger partial charge in [-0.05, 0) is 30.2 Å². The Bertz CT molecular complexity index is 699. The minimum Gasteiger partial charge on any atom is -0.482 e. The van der Waals surface area contributed by atoms with Gasteiger partial charge in [0.25, 0.3) is 5.91 Å². The van der Waals surface area contributed by atoms with Gasteiger partial charge in [-0.25, -0.2) is 4.79 Å². The third-order valence-corrected chi connectivity index (χ3v) is 3.64. The number of benzene rings is 2. The highest BCUT2D eigenvalue weighted by molar-refractivity contribution is 5.97. The van der Waals surface area contributed by atoms with Gasteiger partial charge in [0.15, 0.2) is 13.2 Å². The van der Waals surface area contributed by atoms with E-state index in [-0.39, 0.29) is 19.1 Å². The van der Waals surface area contributed by atoms with Crippen LogP contribution in [0.4, 0.5) is 5.69 Å². The number of para-hydroxylation sites is 2. The van der Waals surface area contributed by atoms with Crippen molar-refractivity contribution in [3.05, 3.63) is 60.2 Å². The number of hydrogen-bond donors (Lipinski definition) is 0. The van der Waals surface area contributed by atoms with Crippen LogP contribution in [0.1, 0.15) is 5.56 Å². The van der Waals surface area contributed by atoms with Gasteiger partial charge in [-0.2, -0.15) is 0 Å². The van der Waals surface area contributed by atoms with Crippen LogP contribution < -0.4 is 9.64 Å². The van der Waals surface area contributed by atoms with Gasteiger partial charge in [0.2, 0.25) is 0 Å². The third-order valence-electron chi connectivity index (χ3n) is 3.64. The summed E-state index contributed by atoms with van der Waals surface area (Å²) in [6.45, 7) is 0.134. The summed E-state index contributed by atoms with van der Waals surface area (Å²) in [5.41, 5.74) is 2.04. The molecule has 1 aliphatic rings.